The van der Waals surface area contributed by atoms with E-state index >= 15 is 0 Å². The monoisotopic (exact) mass is 450 g/mol. The van der Waals surface area contributed by atoms with E-state index < -0.39 is 20.0 Å². The summed E-state index contributed by atoms with van der Waals surface area (Å²) >= 11 is 0. The molecule has 1 aliphatic heterocycles. The number of benzene rings is 2. The zero-order valence-electron chi connectivity index (χ0n) is 16.8. The maximum absolute atomic E-state index is 13.1. The Hall–Kier alpha value is -2.36. The summed E-state index contributed by atoms with van der Waals surface area (Å²) in [5.41, 5.74) is 0.804. The van der Waals surface area contributed by atoms with E-state index in [9.17, 15) is 16.8 Å². The Balaban J connectivity index is 1.88. The number of rotatable bonds is 7. The van der Waals surface area contributed by atoms with Crippen molar-refractivity contribution in [3.63, 3.8) is 0 Å². The predicted molar refractivity (Wildman–Crippen MR) is 118 cm³/mol. The van der Waals surface area contributed by atoms with E-state index in [2.05, 4.69) is 4.72 Å². The first kappa shape index (κ1) is 22.3. The van der Waals surface area contributed by atoms with Crippen LogP contribution in [0, 0.1) is 0 Å². The van der Waals surface area contributed by atoms with Gasteiger partial charge in [0.05, 0.1) is 23.1 Å². The highest BCUT2D eigenvalue weighted by molar-refractivity contribution is 7.95. The minimum Gasteiger partial charge on any atom is -0.495 e. The maximum atomic E-state index is 13.1. The molecule has 9 heteroatoms. The van der Waals surface area contributed by atoms with Gasteiger partial charge in [-0.3, -0.25) is 4.72 Å². The largest absolute Gasteiger partial charge is 0.495 e. The molecule has 3 rings (SSSR count). The lowest BCUT2D eigenvalue weighted by Crippen LogP contribution is -2.32. The lowest BCUT2D eigenvalue weighted by Gasteiger charge is -2.21. The Morgan fingerprint density at radius 2 is 1.60 bits per heavy atom. The van der Waals surface area contributed by atoms with Crippen molar-refractivity contribution in [3.05, 3.63) is 59.5 Å². The normalized spacial score (nSPS) is 16.3. The first-order valence-electron chi connectivity index (χ1n) is 9.76. The van der Waals surface area contributed by atoms with Gasteiger partial charge in [-0.05, 0) is 42.7 Å². The summed E-state index contributed by atoms with van der Waals surface area (Å²) in [4.78, 5) is 0.0370. The predicted octanol–water partition coefficient (Wildman–Crippen LogP) is 3.67. The number of hydrogen-bond acceptors (Lipinski definition) is 5. The summed E-state index contributed by atoms with van der Waals surface area (Å²) in [7, 11) is -6.20. The summed E-state index contributed by atoms with van der Waals surface area (Å²) in [5.74, 6) is 0.238. The van der Waals surface area contributed by atoms with Gasteiger partial charge in [0.25, 0.3) is 10.0 Å². The molecular weight excluding hydrogens is 424 g/mol. The fourth-order valence-corrected chi connectivity index (χ4v) is 5.69. The number of nitrogens with one attached hydrogen (secondary N) is 1. The first-order chi connectivity index (χ1) is 14.3. The van der Waals surface area contributed by atoms with Crippen LogP contribution in [0.25, 0.3) is 6.08 Å². The Morgan fingerprint density at radius 3 is 2.23 bits per heavy atom. The molecule has 0 amide bonds. The van der Waals surface area contributed by atoms with Crippen molar-refractivity contribution < 1.29 is 21.6 Å². The molecule has 0 radical (unpaired) electrons. The van der Waals surface area contributed by atoms with Gasteiger partial charge in [0.2, 0.25) is 10.0 Å². The van der Waals surface area contributed by atoms with E-state index in [1.165, 1.54) is 35.7 Å². The van der Waals surface area contributed by atoms with Crippen molar-refractivity contribution in [2.45, 2.75) is 30.6 Å². The third-order valence-electron chi connectivity index (χ3n) is 4.87. The Bertz CT molecular complexity index is 1090. The van der Waals surface area contributed by atoms with Crippen LogP contribution < -0.4 is 9.46 Å². The number of hydrogen-bond donors (Lipinski definition) is 1. The number of nitrogens with zero attached hydrogens (tertiary/aromatic N) is 1. The fraction of sp³-hybridized carbons (Fsp3) is 0.333. The van der Waals surface area contributed by atoms with Crippen molar-refractivity contribution in [1.82, 2.24) is 4.31 Å². The summed E-state index contributed by atoms with van der Waals surface area (Å²) in [6.45, 7) is 0.935. The van der Waals surface area contributed by atoms with Crippen molar-refractivity contribution in [3.8, 4) is 5.75 Å². The molecule has 0 aliphatic carbocycles. The van der Waals surface area contributed by atoms with Gasteiger partial charge in [0, 0.05) is 13.1 Å². The second kappa shape index (κ2) is 9.63. The van der Waals surface area contributed by atoms with Crippen molar-refractivity contribution >= 4 is 31.8 Å². The molecule has 0 atom stereocenters. The molecule has 30 heavy (non-hydrogen) atoms. The number of methoxy groups -OCH3 is 1. The van der Waals surface area contributed by atoms with Crippen molar-refractivity contribution in [1.29, 1.82) is 0 Å². The highest BCUT2D eigenvalue weighted by atomic mass is 32.2. The molecule has 7 nitrogen and oxygen atoms in total. The van der Waals surface area contributed by atoms with Gasteiger partial charge in [0.1, 0.15) is 5.75 Å². The Kier molecular flexibility index (Phi) is 7.17. The van der Waals surface area contributed by atoms with Crippen LogP contribution in [0.2, 0.25) is 0 Å². The van der Waals surface area contributed by atoms with Crippen LogP contribution >= 0.6 is 0 Å². The average molecular weight is 451 g/mol. The smallest absolute Gasteiger partial charge is 0.255 e. The van der Waals surface area contributed by atoms with Gasteiger partial charge in [0.15, 0.2) is 0 Å². The molecule has 0 aromatic heterocycles. The lowest BCUT2D eigenvalue weighted by atomic mass is 10.2. The SMILES string of the molecule is COc1ccc(S(=O)(=O)N2CCCCCC2)cc1NS(=O)(=O)C=Cc1ccccc1. The molecule has 0 bridgehead atoms. The van der Waals surface area contributed by atoms with Gasteiger partial charge in [-0.25, -0.2) is 16.8 Å². The molecule has 1 aliphatic rings. The molecule has 1 fully saturated rings. The van der Waals surface area contributed by atoms with Crippen LogP contribution in [0.15, 0.2) is 58.8 Å². The highest BCUT2D eigenvalue weighted by Crippen LogP contribution is 2.30. The summed E-state index contributed by atoms with van der Waals surface area (Å²) in [6.07, 6.45) is 5.12. The molecule has 2 aromatic carbocycles. The van der Waals surface area contributed by atoms with Crippen LogP contribution in [0.3, 0.4) is 0 Å². The summed E-state index contributed by atoms with van der Waals surface area (Å²) in [5, 5.41) is 1.04. The van der Waals surface area contributed by atoms with E-state index in [0.717, 1.165) is 36.7 Å². The zero-order chi connectivity index (χ0) is 21.6. The van der Waals surface area contributed by atoms with Crippen LogP contribution in [0.4, 0.5) is 5.69 Å². The van der Waals surface area contributed by atoms with E-state index in [1.54, 1.807) is 24.3 Å². The second-order valence-electron chi connectivity index (χ2n) is 7.04. The molecule has 162 valence electrons. The fourth-order valence-electron chi connectivity index (χ4n) is 3.28. The summed E-state index contributed by atoms with van der Waals surface area (Å²) in [6, 6.07) is 13.2. The third kappa shape index (κ3) is 5.62. The second-order valence-corrected chi connectivity index (χ2v) is 10.5. The third-order valence-corrected chi connectivity index (χ3v) is 7.76. The first-order valence-corrected chi connectivity index (χ1v) is 12.7. The van der Waals surface area contributed by atoms with Crippen LogP contribution in [0.5, 0.6) is 5.75 Å². The molecule has 1 heterocycles. The van der Waals surface area contributed by atoms with Crippen molar-refractivity contribution in [2.75, 3.05) is 24.9 Å². The van der Waals surface area contributed by atoms with E-state index in [-0.39, 0.29) is 16.3 Å². The molecule has 0 spiro atoms. The molecule has 1 saturated heterocycles. The number of ether oxygens (including phenoxy) is 1. The minimum atomic E-state index is -3.88. The van der Waals surface area contributed by atoms with Crippen molar-refractivity contribution in [2.24, 2.45) is 0 Å². The van der Waals surface area contributed by atoms with Gasteiger partial charge >= 0.3 is 0 Å². The van der Waals surface area contributed by atoms with Gasteiger partial charge in [-0.2, -0.15) is 4.31 Å². The van der Waals surface area contributed by atoms with Crippen LogP contribution in [-0.2, 0) is 20.0 Å². The van der Waals surface area contributed by atoms with Gasteiger partial charge in [-0.1, -0.05) is 43.2 Å². The molecular formula is C21H26N2O5S2. The summed E-state index contributed by atoms with van der Waals surface area (Å²) < 4.78 is 60.3. The minimum absolute atomic E-state index is 0.0370. The van der Waals surface area contributed by atoms with Crippen LogP contribution in [0.1, 0.15) is 31.2 Å². The lowest BCUT2D eigenvalue weighted by molar-refractivity contribution is 0.415. The topological polar surface area (TPSA) is 92.8 Å². The Morgan fingerprint density at radius 1 is 0.933 bits per heavy atom. The average Bonchev–Trinajstić information content (AvgIpc) is 3.03. The quantitative estimate of drug-likeness (QED) is 0.695. The number of sulfonamides is 2. The number of anilines is 1. The molecule has 0 unspecified atom stereocenters. The van der Waals surface area contributed by atoms with E-state index in [1.807, 2.05) is 6.07 Å². The molecule has 2 aromatic rings. The molecule has 0 saturated carbocycles. The maximum Gasteiger partial charge on any atom is 0.255 e. The molecule has 1 N–H and O–H groups in total. The standard InChI is InChI=1S/C21H26N2O5S2/c1-28-21-12-11-19(30(26,27)23-14-7-2-3-8-15-23)17-20(21)22-29(24,25)16-13-18-9-5-4-6-10-18/h4-6,9-13,16-17,22H,2-3,7-8,14-15H2,1H3. The van der Waals surface area contributed by atoms with Gasteiger partial charge < -0.3 is 4.74 Å². The zero-order valence-corrected chi connectivity index (χ0v) is 18.5. The highest BCUT2D eigenvalue weighted by Gasteiger charge is 2.26. The van der Waals surface area contributed by atoms with Gasteiger partial charge in [-0.15, -0.1) is 0 Å². The Labute approximate surface area is 178 Å². The van der Waals surface area contributed by atoms with Crippen LogP contribution in [-0.4, -0.2) is 41.3 Å². The van der Waals surface area contributed by atoms with E-state index in [0.29, 0.717) is 13.1 Å². The van der Waals surface area contributed by atoms with E-state index in [4.69, 9.17) is 4.74 Å².